The molecule has 0 saturated heterocycles. The van der Waals surface area contributed by atoms with Gasteiger partial charge in [0.05, 0.1) is 0 Å². The normalized spacial score (nSPS) is 12.5. The van der Waals surface area contributed by atoms with Crippen molar-refractivity contribution in [2.45, 2.75) is 6.92 Å². The molecule has 0 aromatic carbocycles. The fourth-order valence-corrected chi connectivity index (χ4v) is 0.214. The lowest BCUT2D eigenvalue weighted by Gasteiger charge is -1.79. The quantitative estimate of drug-likeness (QED) is 0.310. The van der Waals surface area contributed by atoms with E-state index in [0.717, 1.165) is 0 Å². The Hall–Kier alpha value is -0.630. The molecule has 0 heterocycles. The van der Waals surface area contributed by atoms with Gasteiger partial charge in [-0.05, 0) is 13.6 Å². The van der Waals surface area contributed by atoms with Crippen LogP contribution in [0.2, 0.25) is 0 Å². The van der Waals surface area contributed by atoms with Crippen molar-refractivity contribution in [3.8, 4) is 0 Å². The number of hydrogen-bond donors (Lipinski definition) is 0. The second-order valence-electron chi connectivity index (χ2n) is 1.04. The summed E-state index contributed by atoms with van der Waals surface area (Å²) in [6.07, 6.45) is 2.96. The van der Waals surface area contributed by atoms with E-state index in [1.807, 2.05) is 0 Å². The molecule has 0 atom stereocenters. The molecular formula is C5H7ClN2. The molecule has 0 amide bonds. The molecular weight excluding hydrogens is 124 g/mol. The van der Waals surface area contributed by atoms with Crippen molar-refractivity contribution in [3.63, 3.8) is 0 Å². The summed E-state index contributed by atoms with van der Waals surface area (Å²) in [5, 5.41) is 0.428. The van der Waals surface area contributed by atoms with Gasteiger partial charge < -0.3 is 0 Å². The number of rotatable bonds is 2. The molecule has 0 aromatic rings. The molecule has 0 aliphatic carbocycles. The first-order valence-electron chi connectivity index (χ1n) is 2.11. The third-order valence-corrected chi connectivity index (χ3v) is 0.817. The zero-order valence-electron chi connectivity index (χ0n) is 4.63. The molecule has 0 aliphatic heterocycles. The van der Waals surface area contributed by atoms with E-state index in [0.29, 0.717) is 5.16 Å². The van der Waals surface area contributed by atoms with Gasteiger partial charge in [-0.3, -0.25) is 4.99 Å². The van der Waals surface area contributed by atoms with Gasteiger partial charge in [0.15, 0.2) is 0 Å². The molecule has 2 nitrogen and oxygen atoms in total. The molecule has 0 saturated carbocycles. The van der Waals surface area contributed by atoms with Crippen LogP contribution in [0.15, 0.2) is 21.2 Å². The Morgan fingerprint density at radius 1 is 1.75 bits per heavy atom. The number of allylic oxidation sites excluding steroid dienone is 1. The van der Waals surface area contributed by atoms with Crippen LogP contribution in [0.1, 0.15) is 6.92 Å². The van der Waals surface area contributed by atoms with Crippen LogP contribution in [0.25, 0.3) is 0 Å². The van der Waals surface area contributed by atoms with Gasteiger partial charge in [0.25, 0.3) is 0 Å². The topological polar surface area (TPSA) is 24.7 Å². The van der Waals surface area contributed by atoms with Gasteiger partial charge >= 0.3 is 0 Å². The van der Waals surface area contributed by atoms with Crippen molar-refractivity contribution < 1.29 is 0 Å². The number of aliphatic imine (C=N–C) groups is 2. The van der Waals surface area contributed by atoms with Gasteiger partial charge in [-0.2, -0.15) is 0 Å². The van der Waals surface area contributed by atoms with Crippen molar-refractivity contribution in [3.05, 3.63) is 11.2 Å². The fraction of sp³-hybridized carbons (Fsp3) is 0.200. The molecule has 0 bridgehead atoms. The highest BCUT2D eigenvalue weighted by atomic mass is 35.5. The number of nitrogens with zero attached hydrogens (tertiary/aromatic N) is 2. The predicted molar refractivity (Wildman–Crippen MR) is 37.7 cm³/mol. The lowest BCUT2D eigenvalue weighted by atomic mass is 10.7. The summed E-state index contributed by atoms with van der Waals surface area (Å²) in [5.74, 6) is 0. The molecule has 0 aliphatic rings. The first-order valence-corrected chi connectivity index (χ1v) is 2.49. The Bertz CT molecular complexity index is 126. The molecule has 8 heavy (non-hydrogen) atoms. The molecule has 0 radical (unpaired) electrons. The van der Waals surface area contributed by atoms with Crippen LogP contribution in [-0.4, -0.2) is 13.1 Å². The second kappa shape index (κ2) is 4.53. The van der Waals surface area contributed by atoms with Crippen LogP contribution in [0.4, 0.5) is 0 Å². The smallest absolute Gasteiger partial charge is 0.126 e. The number of hydrogen-bond acceptors (Lipinski definition) is 1. The summed E-state index contributed by atoms with van der Waals surface area (Å²) in [6.45, 7) is 4.98. The average molecular weight is 131 g/mol. The van der Waals surface area contributed by atoms with Gasteiger partial charge in [0, 0.05) is 0 Å². The zero-order valence-corrected chi connectivity index (χ0v) is 5.39. The Morgan fingerprint density at radius 2 is 2.38 bits per heavy atom. The monoisotopic (exact) mass is 130 g/mol. The van der Waals surface area contributed by atoms with Crippen molar-refractivity contribution in [2.75, 3.05) is 0 Å². The molecule has 0 unspecified atom stereocenters. The molecule has 0 aromatic heterocycles. The van der Waals surface area contributed by atoms with Gasteiger partial charge in [-0.1, -0.05) is 17.7 Å². The van der Waals surface area contributed by atoms with Crippen molar-refractivity contribution in [1.82, 2.24) is 0 Å². The Labute approximate surface area is 53.6 Å². The SMILES string of the molecule is C=NC=N/C(Cl)=C\C. The molecule has 0 fully saturated rings. The minimum absolute atomic E-state index is 0.428. The minimum atomic E-state index is 0.428. The van der Waals surface area contributed by atoms with Crippen LogP contribution in [-0.2, 0) is 0 Å². The van der Waals surface area contributed by atoms with E-state index in [-0.39, 0.29) is 0 Å². The van der Waals surface area contributed by atoms with Crippen LogP contribution < -0.4 is 0 Å². The minimum Gasteiger partial charge on any atom is -0.253 e. The Kier molecular flexibility index (Phi) is 4.17. The molecule has 0 rings (SSSR count). The summed E-state index contributed by atoms with van der Waals surface area (Å²) in [7, 11) is 0. The van der Waals surface area contributed by atoms with Crippen molar-refractivity contribution in [2.24, 2.45) is 9.98 Å². The first kappa shape index (κ1) is 7.37. The maximum atomic E-state index is 5.42. The van der Waals surface area contributed by atoms with Gasteiger partial charge in [-0.15, -0.1) is 0 Å². The van der Waals surface area contributed by atoms with E-state index in [1.54, 1.807) is 13.0 Å². The predicted octanol–water partition coefficient (Wildman–Crippen LogP) is 1.82. The van der Waals surface area contributed by atoms with Crippen molar-refractivity contribution >= 4 is 24.7 Å². The fourth-order valence-electron chi connectivity index (χ4n) is 0.171. The lowest BCUT2D eigenvalue weighted by molar-refractivity contribution is 1.47. The maximum absolute atomic E-state index is 5.42. The standard InChI is InChI=1S/C5H7ClN2/c1-3-5(6)8-4-7-2/h3-4H,2H2,1H3/b5-3-,8-4?. The third kappa shape index (κ3) is 3.56. The van der Waals surface area contributed by atoms with E-state index in [9.17, 15) is 0 Å². The Balaban J connectivity index is 3.69. The number of halogens is 1. The van der Waals surface area contributed by atoms with E-state index < -0.39 is 0 Å². The highest BCUT2D eigenvalue weighted by molar-refractivity contribution is 6.29. The first-order chi connectivity index (χ1) is 3.81. The molecule has 0 spiro atoms. The summed E-state index contributed by atoms with van der Waals surface area (Å²) < 4.78 is 0. The summed E-state index contributed by atoms with van der Waals surface area (Å²) in [5.41, 5.74) is 0. The van der Waals surface area contributed by atoms with E-state index >= 15 is 0 Å². The zero-order chi connectivity index (χ0) is 6.41. The highest BCUT2D eigenvalue weighted by Gasteiger charge is 1.75. The van der Waals surface area contributed by atoms with Crippen LogP contribution in [0.5, 0.6) is 0 Å². The summed E-state index contributed by atoms with van der Waals surface area (Å²) in [4.78, 5) is 6.99. The van der Waals surface area contributed by atoms with E-state index in [1.165, 1.54) is 6.34 Å². The average Bonchev–Trinajstić information content (AvgIpc) is 1.83. The summed E-state index contributed by atoms with van der Waals surface area (Å²) in [6, 6.07) is 0. The summed E-state index contributed by atoms with van der Waals surface area (Å²) >= 11 is 5.42. The van der Waals surface area contributed by atoms with Gasteiger partial charge in [0.2, 0.25) is 0 Å². The van der Waals surface area contributed by atoms with Crippen LogP contribution >= 0.6 is 11.6 Å². The maximum Gasteiger partial charge on any atom is 0.126 e. The molecule has 3 heteroatoms. The third-order valence-electron chi connectivity index (χ3n) is 0.501. The van der Waals surface area contributed by atoms with E-state index in [4.69, 9.17) is 11.6 Å². The van der Waals surface area contributed by atoms with Gasteiger partial charge in [0.1, 0.15) is 11.5 Å². The molecule has 44 valence electrons. The van der Waals surface area contributed by atoms with E-state index in [2.05, 4.69) is 16.7 Å². The van der Waals surface area contributed by atoms with Gasteiger partial charge in [-0.25, -0.2) is 4.99 Å². The van der Waals surface area contributed by atoms with Crippen LogP contribution in [0, 0.1) is 0 Å². The largest absolute Gasteiger partial charge is 0.253 e. The van der Waals surface area contributed by atoms with Crippen molar-refractivity contribution in [1.29, 1.82) is 0 Å². The molecule has 0 N–H and O–H groups in total. The highest BCUT2D eigenvalue weighted by Crippen LogP contribution is 1.99. The Morgan fingerprint density at radius 3 is 2.75 bits per heavy atom. The van der Waals surface area contributed by atoms with Crippen LogP contribution in [0.3, 0.4) is 0 Å². The second-order valence-corrected chi connectivity index (χ2v) is 1.43. The lowest BCUT2D eigenvalue weighted by Crippen LogP contribution is -1.63.